The van der Waals surface area contributed by atoms with E-state index in [9.17, 15) is 14.4 Å². The average Bonchev–Trinajstić information content (AvgIpc) is 3.13. The third-order valence-corrected chi connectivity index (χ3v) is 5.60. The predicted molar refractivity (Wildman–Crippen MR) is 125 cm³/mol. The predicted octanol–water partition coefficient (Wildman–Crippen LogP) is 2.63. The molecule has 12 heteroatoms. The van der Waals surface area contributed by atoms with Gasteiger partial charge in [-0.2, -0.15) is 10.4 Å². The van der Waals surface area contributed by atoms with Gasteiger partial charge >= 0.3 is 6.09 Å². The molecular formula is C22H25FN8O3. The molecule has 0 unspecified atom stereocenters. The zero-order chi connectivity index (χ0) is 24.4. The van der Waals surface area contributed by atoms with Crippen LogP contribution in [0.15, 0.2) is 24.3 Å². The second-order valence-electron chi connectivity index (χ2n) is 8.20. The topological polar surface area (TPSA) is 140 Å². The first-order valence-corrected chi connectivity index (χ1v) is 10.6. The van der Waals surface area contributed by atoms with E-state index in [0.29, 0.717) is 18.7 Å². The number of rotatable bonds is 6. The van der Waals surface area contributed by atoms with E-state index in [2.05, 4.69) is 26.0 Å². The second-order valence-corrected chi connectivity index (χ2v) is 8.20. The lowest BCUT2D eigenvalue weighted by Gasteiger charge is -2.32. The molecule has 0 aliphatic carbocycles. The number of hydrogen-bond acceptors (Lipinski definition) is 8. The van der Waals surface area contributed by atoms with Gasteiger partial charge in [0.15, 0.2) is 23.3 Å². The fraction of sp³-hybridized carbons (Fsp3) is 0.364. The Morgan fingerprint density at radius 3 is 2.82 bits per heavy atom. The van der Waals surface area contributed by atoms with Crippen LogP contribution in [0.25, 0.3) is 10.9 Å². The number of carbonyl (C=O) groups is 1. The number of aryl methyl sites for hydroxylation is 1. The van der Waals surface area contributed by atoms with E-state index in [1.165, 1.54) is 0 Å². The molecule has 4 N–H and O–H groups in total. The Balaban J connectivity index is 1.65. The third-order valence-electron chi connectivity index (χ3n) is 5.60. The van der Waals surface area contributed by atoms with Crippen molar-refractivity contribution in [2.45, 2.75) is 18.5 Å². The zero-order valence-corrected chi connectivity index (χ0v) is 19.0. The number of benzene rings is 1. The first-order valence-electron chi connectivity index (χ1n) is 10.6. The number of halogens is 1. The fourth-order valence-electron chi connectivity index (χ4n) is 3.95. The maximum Gasteiger partial charge on any atom is 0.405 e. The molecule has 2 aromatic heterocycles. The van der Waals surface area contributed by atoms with Gasteiger partial charge in [-0.05, 0) is 30.7 Å². The van der Waals surface area contributed by atoms with Crippen molar-refractivity contribution in [1.29, 1.82) is 5.26 Å². The molecule has 1 aromatic carbocycles. The van der Waals surface area contributed by atoms with E-state index in [4.69, 9.17) is 9.84 Å². The summed E-state index contributed by atoms with van der Waals surface area (Å²) >= 11 is 0. The fourth-order valence-corrected chi connectivity index (χ4v) is 3.95. The van der Waals surface area contributed by atoms with Crippen molar-refractivity contribution in [3.8, 4) is 6.07 Å². The highest BCUT2D eigenvalue weighted by Crippen LogP contribution is 2.30. The largest absolute Gasteiger partial charge is 0.465 e. The number of nitriles is 1. The summed E-state index contributed by atoms with van der Waals surface area (Å²) in [5.74, 6) is 0.172. The summed E-state index contributed by atoms with van der Waals surface area (Å²) in [5.41, 5.74) is 1.62. The molecule has 4 rings (SSSR count). The number of anilines is 4. The number of aromatic nitrogens is 3. The molecule has 1 aliphatic rings. The number of hydrogen-bond donors (Lipinski definition) is 4. The van der Waals surface area contributed by atoms with Crippen LogP contribution in [0.4, 0.5) is 32.3 Å². The molecule has 3 heterocycles. The average molecular weight is 468 g/mol. The van der Waals surface area contributed by atoms with Crippen molar-refractivity contribution >= 4 is 40.1 Å². The highest BCUT2D eigenvalue weighted by Gasteiger charge is 2.28. The summed E-state index contributed by atoms with van der Waals surface area (Å²) in [6.45, 7) is 0.560. The monoisotopic (exact) mass is 468 g/mol. The van der Waals surface area contributed by atoms with Gasteiger partial charge in [0.2, 0.25) is 0 Å². The lowest BCUT2D eigenvalue weighted by Crippen LogP contribution is -2.52. The molecular weight excluding hydrogens is 443 g/mol. The number of nitrogens with one attached hydrogen (secondary N) is 3. The van der Waals surface area contributed by atoms with Crippen LogP contribution in [-0.4, -0.2) is 65.4 Å². The van der Waals surface area contributed by atoms with Gasteiger partial charge in [-0.15, -0.1) is 0 Å². The zero-order valence-electron chi connectivity index (χ0n) is 19.0. The van der Waals surface area contributed by atoms with E-state index in [0.717, 1.165) is 22.8 Å². The van der Waals surface area contributed by atoms with Gasteiger partial charge < -0.3 is 30.7 Å². The molecule has 0 bridgehead atoms. The molecule has 3 aromatic rings. The van der Waals surface area contributed by atoms with Gasteiger partial charge in [0.05, 0.1) is 29.8 Å². The van der Waals surface area contributed by atoms with Gasteiger partial charge in [-0.1, -0.05) is 0 Å². The maximum absolute atomic E-state index is 14.8. The Morgan fingerprint density at radius 1 is 1.32 bits per heavy atom. The summed E-state index contributed by atoms with van der Waals surface area (Å²) in [7, 11) is 5.66. The van der Waals surface area contributed by atoms with Crippen molar-refractivity contribution in [2.24, 2.45) is 7.05 Å². The third kappa shape index (κ3) is 4.65. The Bertz CT molecular complexity index is 1270. The van der Waals surface area contributed by atoms with E-state index < -0.39 is 24.0 Å². The highest BCUT2D eigenvalue weighted by molar-refractivity contribution is 5.93. The molecule has 2 atom stereocenters. The van der Waals surface area contributed by atoms with Gasteiger partial charge in [0.25, 0.3) is 0 Å². The molecule has 34 heavy (non-hydrogen) atoms. The van der Waals surface area contributed by atoms with Crippen molar-refractivity contribution in [3.63, 3.8) is 0 Å². The summed E-state index contributed by atoms with van der Waals surface area (Å²) < 4.78 is 21.9. The van der Waals surface area contributed by atoms with Crippen molar-refractivity contribution in [2.75, 3.05) is 42.8 Å². The number of carboxylic acid groups (broad SMARTS) is 1. The van der Waals surface area contributed by atoms with E-state index in [1.54, 1.807) is 4.68 Å². The number of fused-ring (bicyclic) bond motifs is 1. The number of ether oxygens (including phenoxy) is 1. The Labute approximate surface area is 195 Å². The molecule has 178 valence electrons. The Hall–Kier alpha value is -4.11. The summed E-state index contributed by atoms with van der Waals surface area (Å²) in [5, 5.41) is 32.5. The Morgan fingerprint density at radius 2 is 2.12 bits per heavy atom. The molecule has 1 aliphatic heterocycles. The number of nitrogens with zero attached hydrogens (tertiary/aromatic N) is 5. The minimum absolute atomic E-state index is 0.0364. The van der Waals surface area contributed by atoms with Crippen LogP contribution in [0, 0.1) is 17.1 Å². The highest BCUT2D eigenvalue weighted by atomic mass is 19.1. The quantitative estimate of drug-likeness (QED) is 0.430. The van der Waals surface area contributed by atoms with Crippen molar-refractivity contribution in [3.05, 3.63) is 35.6 Å². The van der Waals surface area contributed by atoms with Gasteiger partial charge in [0, 0.05) is 38.8 Å². The first kappa shape index (κ1) is 23.1. The first-order chi connectivity index (χ1) is 16.3. The van der Waals surface area contributed by atoms with Gasteiger partial charge in [-0.25, -0.2) is 14.2 Å². The summed E-state index contributed by atoms with van der Waals surface area (Å²) in [6, 6.07) is 7.68. The molecule has 1 saturated heterocycles. The van der Waals surface area contributed by atoms with Crippen molar-refractivity contribution < 1.29 is 19.0 Å². The van der Waals surface area contributed by atoms with Gasteiger partial charge in [0.1, 0.15) is 6.07 Å². The molecule has 11 nitrogen and oxygen atoms in total. The standard InChI is InChI=1S/C22H25FN8O3/c1-30(2)21-14-9-13(4-5-18(14)31(3)29-21)25-19-12(10-24)8-15(23)20(28-19)26-16-6-7-34-11-17(16)27-22(32)33/h4-5,8-9,16-17,27H,6-7,11H2,1-3H3,(H,32,33)(H2,25,26,28)/t16-,17+/m1/s1. The molecule has 1 amide bonds. The van der Waals surface area contributed by atoms with Crippen molar-refractivity contribution in [1.82, 2.24) is 20.1 Å². The SMILES string of the molecule is CN(C)c1nn(C)c2ccc(Nc3nc(N[C@@H]4CCOC[C@@H]4NC(=O)O)c(F)cc3C#N)cc12. The second kappa shape index (κ2) is 9.40. The maximum atomic E-state index is 14.8. The number of pyridine rings is 1. The van der Waals surface area contributed by atoms with Crippen LogP contribution in [0.3, 0.4) is 0 Å². The van der Waals surface area contributed by atoms with E-state index in [1.807, 2.05) is 50.3 Å². The molecule has 0 saturated carbocycles. The van der Waals surface area contributed by atoms with Crippen LogP contribution < -0.4 is 20.9 Å². The van der Waals surface area contributed by atoms with Crippen LogP contribution in [-0.2, 0) is 11.8 Å². The van der Waals surface area contributed by atoms with Crippen LogP contribution in [0.2, 0.25) is 0 Å². The molecule has 0 radical (unpaired) electrons. The lowest BCUT2D eigenvalue weighted by molar-refractivity contribution is 0.0625. The minimum atomic E-state index is -1.19. The normalized spacial score (nSPS) is 17.7. The van der Waals surface area contributed by atoms with Crippen LogP contribution in [0.5, 0.6) is 0 Å². The summed E-state index contributed by atoms with van der Waals surface area (Å²) in [4.78, 5) is 17.3. The lowest BCUT2D eigenvalue weighted by atomic mass is 10.0. The van der Waals surface area contributed by atoms with Crippen LogP contribution in [0.1, 0.15) is 12.0 Å². The van der Waals surface area contributed by atoms with E-state index in [-0.39, 0.29) is 23.8 Å². The molecule has 0 spiro atoms. The molecule has 1 fully saturated rings. The summed E-state index contributed by atoms with van der Waals surface area (Å²) in [6.07, 6.45) is -0.736. The van der Waals surface area contributed by atoms with E-state index >= 15 is 0 Å². The smallest absolute Gasteiger partial charge is 0.405 e. The van der Waals surface area contributed by atoms with Crippen LogP contribution >= 0.6 is 0 Å². The Kier molecular flexibility index (Phi) is 6.38. The minimum Gasteiger partial charge on any atom is -0.465 e. The van der Waals surface area contributed by atoms with Gasteiger partial charge in [-0.3, -0.25) is 4.68 Å². The number of amides is 1.